The lowest BCUT2D eigenvalue weighted by Gasteiger charge is -2.35. The highest BCUT2D eigenvalue weighted by molar-refractivity contribution is 8.00. The number of ether oxygens (including phenoxy) is 2. The molecule has 27 heavy (non-hydrogen) atoms. The maximum atomic E-state index is 12.3. The number of carbonyl (C=O) groups excluding carboxylic acids is 1. The van der Waals surface area contributed by atoms with Crippen LogP contribution in [0.5, 0.6) is 0 Å². The van der Waals surface area contributed by atoms with Crippen molar-refractivity contribution in [3.8, 4) is 0 Å². The zero-order valence-electron chi connectivity index (χ0n) is 17.3. The molecule has 1 atom stereocenters. The second-order valence-corrected chi connectivity index (χ2v) is 9.38. The van der Waals surface area contributed by atoms with E-state index in [1.165, 1.54) is 0 Å². The second kappa shape index (κ2) is 9.46. The van der Waals surface area contributed by atoms with E-state index in [0.29, 0.717) is 25.4 Å². The first-order valence-electron chi connectivity index (χ1n) is 9.65. The minimum atomic E-state index is -0.510. The molecule has 1 saturated heterocycles. The number of rotatable bonds is 8. The third-order valence-corrected chi connectivity index (χ3v) is 6.33. The van der Waals surface area contributed by atoms with Gasteiger partial charge in [0.25, 0.3) is 0 Å². The molecule has 1 aliphatic heterocycles. The molecule has 0 aromatic heterocycles. The van der Waals surface area contributed by atoms with Crippen molar-refractivity contribution in [2.24, 2.45) is 0 Å². The standard InChI is InChI=1S/C20H32BNO4S/c1-7-26-19(23)18-10-15(8-9-17(18)14(2)3)11-25-12-16-13-27-20(4,5)22(16)21(6)24/h8-10,14,16,24H,7,11-13H2,1-6H3. The number of hydrogen-bond acceptors (Lipinski definition) is 6. The number of benzene rings is 1. The molecular formula is C20H32BNO4S. The minimum Gasteiger partial charge on any atom is -0.462 e. The van der Waals surface area contributed by atoms with Crippen molar-refractivity contribution in [2.75, 3.05) is 19.0 Å². The topological polar surface area (TPSA) is 59.0 Å². The summed E-state index contributed by atoms with van der Waals surface area (Å²) in [5.74, 6) is 0.895. The normalized spacial score (nSPS) is 19.5. The van der Waals surface area contributed by atoms with Crippen molar-refractivity contribution in [1.29, 1.82) is 0 Å². The molecule has 2 rings (SSSR count). The molecule has 1 aromatic carbocycles. The number of nitrogens with zero attached hydrogens (tertiary/aromatic N) is 1. The zero-order valence-corrected chi connectivity index (χ0v) is 18.1. The molecule has 0 radical (unpaired) electrons. The van der Waals surface area contributed by atoms with E-state index in [4.69, 9.17) is 9.47 Å². The molecule has 150 valence electrons. The van der Waals surface area contributed by atoms with E-state index in [0.717, 1.165) is 16.9 Å². The molecule has 1 N–H and O–H groups in total. The summed E-state index contributed by atoms with van der Waals surface area (Å²) in [5.41, 5.74) is 2.57. The predicted octanol–water partition coefficient (Wildman–Crippen LogP) is 3.77. The first kappa shape index (κ1) is 22.3. The molecule has 1 unspecified atom stereocenters. The molecule has 0 aliphatic carbocycles. The van der Waals surface area contributed by atoms with Crippen LogP contribution in [0.25, 0.3) is 0 Å². The Kier molecular flexibility index (Phi) is 7.80. The molecule has 7 heteroatoms. The molecular weight excluding hydrogens is 361 g/mol. The van der Waals surface area contributed by atoms with Crippen LogP contribution in [0.3, 0.4) is 0 Å². The van der Waals surface area contributed by atoms with Crippen LogP contribution in [0.2, 0.25) is 6.82 Å². The van der Waals surface area contributed by atoms with E-state index < -0.39 is 7.05 Å². The maximum Gasteiger partial charge on any atom is 0.377 e. The quantitative estimate of drug-likeness (QED) is 0.536. The fraction of sp³-hybridized carbons (Fsp3) is 0.650. The molecule has 1 aliphatic rings. The van der Waals surface area contributed by atoms with Crippen molar-refractivity contribution in [3.63, 3.8) is 0 Å². The fourth-order valence-electron chi connectivity index (χ4n) is 3.67. The third-order valence-electron chi connectivity index (χ3n) is 4.86. The largest absolute Gasteiger partial charge is 0.462 e. The smallest absolute Gasteiger partial charge is 0.377 e. The highest BCUT2D eigenvalue weighted by Crippen LogP contribution is 2.39. The van der Waals surface area contributed by atoms with Gasteiger partial charge in [-0.05, 0) is 50.7 Å². The summed E-state index contributed by atoms with van der Waals surface area (Å²) < 4.78 is 11.2. The molecule has 0 amide bonds. The Morgan fingerprint density at radius 3 is 2.74 bits per heavy atom. The van der Waals surface area contributed by atoms with Crippen molar-refractivity contribution in [2.45, 2.75) is 64.9 Å². The molecule has 5 nitrogen and oxygen atoms in total. The molecule has 1 fully saturated rings. The minimum absolute atomic E-state index is 0.0990. The van der Waals surface area contributed by atoms with E-state index in [1.807, 2.05) is 36.9 Å². The summed E-state index contributed by atoms with van der Waals surface area (Å²) in [6.07, 6.45) is 0. The van der Waals surface area contributed by atoms with Crippen LogP contribution in [-0.2, 0) is 16.1 Å². The Morgan fingerprint density at radius 2 is 2.15 bits per heavy atom. The van der Waals surface area contributed by atoms with Gasteiger partial charge in [0, 0.05) is 11.8 Å². The number of esters is 1. The highest BCUT2D eigenvalue weighted by Gasteiger charge is 2.43. The van der Waals surface area contributed by atoms with Gasteiger partial charge in [-0.1, -0.05) is 26.0 Å². The Morgan fingerprint density at radius 1 is 1.44 bits per heavy atom. The summed E-state index contributed by atoms with van der Waals surface area (Å²) >= 11 is 1.83. The van der Waals surface area contributed by atoms with E-state index in [9.17, 15) is 9.82 Å². The Labute approximate surface area is 167 Å². The second-order valence-electron chi connectivity index (χ2n) is 7.76. The van der Waals surface area contributed by atoms with Gasteiger partial charge < -0.3 is 14.5 Å². The van der Waals surface area contributed by atoms with Gasteiger partial charge in [0.15, 0.2) is 0 Å². The van der Waals surface area contributed by atoms with Crippen molar-refractivity contribution in [1.82, 2.24) is 4.81 Å². The number of thioether (sulfide) groups is 1. The van der Waals surface area contributed by atoms with Gasteiger partial charge >= 0.3 is 13.0 Å². The van der Waals surface area contributed by atoms with Gasteiger partial charge in [-0.3, -0.25) is 4.81 Å². The first-order valence-corrected chi connectivity index (χ1v) is 10.6. The highest BCUT2D eigenvalue weighted by atomic mass is 32.2. The zero-order chi connectivity index (χ0) is 20.2. The monoisotopic (exact) mass is 393 g/mol. The molecule has 0 spiro atoms. The van der Waals surface area contributed by atoms with Gasteiger partial charge in [-0.2, -0.15) is 0 Å². The van der Waals surface area contributed by atoms with E-state index >= 15 is 0 Å². The lowest BCUT2D eigenvalue weighted by molar-refractivity contribution is 0.0523. The summed E-state index contributed by atoms with van der Waals surface area (Å²) in [6.45, 7) is 13.3. The summed E-state index contributed by atoms with van der Waals surface area (Å²) in [7, 11) is -0.510. The lowest BCUT2D eigenvalue weighted by atomic mass is 9.81. The Balaban J connectivity index is 2.04. The average molecular weight is 393 g/mol. The van der Waals surface area contributed by atoms with E-state index in [2.05, 4.69) is 32.5 Å². The summed E-state index contributed by atoms with van der Waals surface area (Å²) in [6, 6.07) is 6.06. The van der Waals surface area contributed by atoms with Crippen LogP contribution in [0.4, 0.5) is 0 Å². The lowest BCUT2D eigenvalue weighted by Crippen LogP contribution is -2.52. The van der Waals surface area contributed by atoms with Crippen LogP contribution in [0.15, 0.2) is 18.2 Å². The van der Waals surface area contributed by atoms with Gasteiger partial charge in [0.05, 0.1) is 30.3 Å². The van der Waals surface area contributed by atoms with Crippen molar-refractivity contribution in [3.05, 3.63) is 34.9 Å². The summed E-state index contributed by atoms with van der Waals surface area (Å²) in [4.78, 5) is 14.3. The van der Waals surface area contributed by atoms with Crippen LogP contribution in [-0.4, -0.2) is 52.7 Å². The number of carbonyl (C=O) groups is 1. The van der Waals surface area contributed by atoms with Crippen molar-refractivity contribution < 1.29 is 19.3 Å². The molecule has 1 heterocycles. The summed E-state index contributed by atoms with van der Waals surface area (Å²) in [5, 5.41) is 10.1. The van der Waals surface area contributed by atoms with Crippen LogP contribution in [0, 0.1) is 0 Å². The molecule has 0 saturated carbocycles. The SMILES string of the molecule is CCOC(=O)c1cc(COCC2CSC(C)(C)N2B(C)O)ccc1C(C)C. The van der Waals surface area contributed by atoms with Gasteiger partial charge in [-0.25, -0.2) is 4.79 Å². The molecule has 1 aromatic rings. The number of hydrogen-bond donors (Lipinski definition) is 1. The Bertz CT molecular complexity index is 651. The van der Waals surface area contributed by atoms with E-state index in [1.54, 1.807) is 6.82 Å². The van der Waals surface area contributed by atoms with Crippen LogP contribution >= 0.6 is 11.8 Å². The first-order chi connectivity index (χ1) is 12.7. The van der Waals surface area contributed by atoms with Crippen LogP contribution in [0.1, 0.15) is 62.0 Å². The van der Waals surface area contributed by atoms with Crippen LogP contribution < -0.4 is 0 Å². The fourth-order valence-corrected chi connectivity index (χ4v) is 4.98. The predicted molar refractivity (Wildman–Crippen MR) is 112 cm³/mol. The molecule has 0 bridgehead atoms. The van der Waals surface area contributed by atoms with Crippen molar-refractivity contribution >= 4 is 24.8 Å². The maximum absolute atomic E-state index is 12.3. The Hall–Kier alpha value is -1.02. The van der Waals surface area contributed by atoms with Gasteiger partial charge in [0.2, 0.25) is 0 Å². The average Bonchev–Trinajstić information content (AvgIpc) is 2.89. The van der Waals surface area contributed by atoms with Gasteiger partial charge in [0.1, 0.15) is 0 Å². The van der Waals surface area contributed by atoms with E-state index in [-0.39, 0.29) is 22.8 Å². The van der Waals surface area contributed by atoms with Gasteiger partial charge in [-0.15, -0.1) is 11.8 Å². The third kappa shape index (κ3) is 5.50.